The Hall–Kier alpha value is -1.91. The molecule has 1 aliphatic carbocycles. The highest BCUT2D eigenvalue weighted by Gasteiger charge is 2.28. The number of nitrogens with two attached hydrogens (primary N) is 1. The fourth-order valence-electron chi connectivity index (χ4n) is 2.26. The smallest absolute Gasteiger partial charge is 0.151 e. The lowest BCUT2D eigenvalue weighted by atomic mass is 10.1. The van der Waals surface area contributed by atoms with Crippen molar-refractivity contribution in [3.05, 3.63) is 41.2 Å². The van der Waals surface area contributed by atoms with E-state index in [9.17, 15) is 4.39 Å². The average Bonchev–Trinajstić information content (AvgIpc) is 3.15. The van der Waals surface area contributed by atoms with Gasteiger partial charge in [-0.2, -0.15) is 5.10 Å². The van der Waals surface area contributed by atoms with Crippen LogP contribution in [0.4, 0.5) is 10.1 Å². The molecule has 0 saturated heterocycles. The summed E-state index contributed by atoms with van der Waals surface area (Å²) in [4.78, 5) is 4.57. The van der Waals surface area contributed by atoms with E-state index in [0.717, 1.165) is 30.1 Å². The molecule has 0 amide bonds. The minimum absolute atomic E-state index is 0.199. The Morgan fingerprint density at radius 1 is 1.37 bits per heavy atom. The van der Waals surface area contributed by atoms with Crippen molar-refractivity contribution >= 4 is 5.69 Å². The summed E-state index contributed by atoms with van der Waals surface area (Å²) in [5.41, 5.74) is 6.77. The Morgan fingerprint density at radius 2 is 2.16 bits per heavy atom. The minimum Gasteiger partial charge on any atom is -0.396 e. The van der Waals surface area contributed by atoms with Crippen LogP contribution in [-0.2, 0) is 19.9 Å². The summed E-state index contributed by atoms with van der Waals surface area (Å²) in [6.07, 6.45) is 3.98. The van der Waals surface area contributed by atoms with E-state index in [2.05, 4.69) is 10.1 Å². The fourth-order valence-corrected chi connectivity index (χ4v) is 2.26. The molecule has 0 atom stereocenters. The van der Waals surface area contributed by atoms with Gasteiger partial charge in [-0.25, -0.2) is 9.37 Å². The maximum atomic E-state index is 13.1. The molecule has 5 heteroatoms. The topological polar surface area (TPSA) is 56.7 Å². The molecule has 4 nitrogen and oxygen atoms in total. The molecule has 0 aliphatic heterocycles. The van der Waals surface area contributed by atoms with E-state index in [1.807, 2.05) is 11.7 Å². The molecule has 0 unspecified atom stereocenters. The van der Waals surface area contributed by atoms with Gasteiger partial charge >= 0.3 is 0 Å². The molecule has 1 aromatic carbocycles. The number of anilines is 1. The molecule has 1 heterocycles. The van der Waals surface area contributed by atoms with Crippen molar-refractivity contribution < 1.29 is 4.39 Å². The molecule has 2 aromatic rings. The van der Waals surface area contributed by atoms with E-state index >= 15 is 0 Å². The highest BCUT2D eigenvalue weighted by molar-refractivity contribution is 5.42. The number of benzene rings is 1. The summed E-state index contributed by atoms with van der Waals surface area (Å²) in [5, 5.41) is 4.43. The molecule has 0 bridgehead atoms. The quantitative estimate of drug-likeness (QED) is 0.857. The Balaban J connectivity index is 1.68. The molecule has 100 valence electrons. The first-order valence-electron chi connectivity index (χ1n) is 6.57. The van der Waals surface area contributed by atoms with E-state index in [1.165, 1.54) is 18.9 Å². The van der Waals surface area contributed by atoms with Crippen molar-refractivity contribution in [3.8, 4) is 0 Å². The third-order valence-electron chi connectivity index (χ3n) is 3.48. The molecule has 2 N–H and O–H groups in total. The number of nitrogen functional groups attached to an aromatic ring is 1. The van der Waals surface area contributed by atoms with E-state index in [1.54, 1.807) is 12.1 Å². The van der Waals surface area contributed by atoms with Crippen LogP contribution in [0.1, 0.15) is 36.0 Å². The highest BCUT2D eigenvalue weighted by Crippen LogP contribution is 2.38. The fraction of sp³-hybridized carbons (Fsp3) is 0.429. The SMILES string of the molecule is Cn1nc(CCc2ccc(F)c(N)c2)nc1C1CC1. The third kappa shape index (κ3) is 2.59. The van der Waals surface area contributed by atoms with Gasteiger partial charge in [0, 0.05) is 19.4 Å². The third-order valence-corrected chi connectivity index (χ3v) is 3.48. The van der Waals surface area contributed by atoms with Gasteiger partial charge in [-0.15, -0.1) is 0 Å². The van der Waals surface area contributed by atoms with Crippen LogP contribution in [0.25, 0.3) is 0 Å². The zero-order valence-electron chi connectivity index (χ0n) is 10.9. The van der Waals surface area contributed by atoms with E-state index in [0.29, 0.717) is 5.92 Å². The van der Waals surface area contributed by atoms with Gasteiger partial charge in [0.1, 0.15) is 11.6 Å². The van der Waals surface area contributed by atoms with Crippen LogP contribution in [0, 0.1) is 5.82 Å². The molecule has 1 fully saturated rings. The second-order valence-corrected chi connectivity index (χ2v) is 5.14. The first-order valence-corrected chi connectivity index (χ1v) is 6.57. The Morgan fingerprint density at radius 3 is 2.84 bits per heavy atom. The summed E-state index contributed by atoms with van der Waals surface area (Å²) in [7, 11) is 1.94. The number of aromatic nitrogens is 3. The molecule has 1 aliphatic rings. The molecule has 19 heavy (non-hydrogen) atoms. The maximum absolute atomic E-state index is 13.1. The van der Waals surface area contributed by atoms with Gasteiger partial charge in [0.2, 0.25) is 0 Å². The summed E-state index contributed by atoms with van der Waals surface area (Å²) in [6.45, 7) is 0. The van der Waals surface area contributed by atoms with Crippen LogP contribution in [0.5, 0.6) is 0 Å². The van der Waals surface area contributed by atoms with E-state index < -0.39 is 0 Å². The van der Waals surface area contributed by atoms with Gasteiger partial charge in [0.05, 0.1) is 5.69 Å². The Kier molecular flexibility index (Phi) is 2.97. The predicted octanol–water partition coefficient (Wildman–Crippen LogP) is 2.20. The highest BCUT2D eigenvalue weighted by atomic mass is 19.1. The zero-order chi connectivity index (χ0) is 13.4. The number of aryl methyl sites for hydroxylation is 3. The van der Waals surface area contributed by atoms with Crippen molar-refractivity contribution in [3.63, 3.8) is 0 Å². The van der Waals surface area contributed by atoms with Crippen LogP contribution in [0.2, 0.25) is 0 Å². The number of hydrogen-bond acceptors (Lipinski definition) is 3. The number of rotatable bonds is 4. The second kappa shape index (κ2) is 4.64. The van der Waals surface area contributed by atoms with E-state index in [4.69, 9.17) is 5.73 Å². The Labute approximate surface area is 111 Å². The van der Waals surface area contributed by atoms with Crippen LogP contribution in [0.15, 0.2) is 18.2 Å². The molecular formula is C14H17FN4. The molecule has 1 saturated carbocycles. The van der Waals surface area contributed by atoms with Crippen LogP contribution < -0.4 is 5.73 Å². The number of halogens is 1. The second-order valence-electron chi connectivity index (χ2n) is 5.14. The molecular weight excluding hydrogens is 243 g/mol. The van der Waals surface area contributed by atoms with Gasteiger partial charge in [0.25, 0.3) is 0 Å². The van der Waals surface area contributed by atoms with Crippen LogP contribution in [0.3, 0.4) is 0 Å². The monoisotopic (exact) mass is 260 g/mol. The van der Waals surface area contributed by atoms with Gasteiger partial charge in [0.15, 0.2) is 5.82 Å². The van der Waals surface area contributed by atoms with Crippen molar-refractivity contribution in [1.29, 1.82) is 0 Å². The van der Waals surface area contributed by atoms with Crippen molar-refractivity contribution in [1.82, 2.24) is 14.8 Å². The largest absolute Gasteiger partial charge is 0.396 e. The lowest BCUT2D eigenvalue weighted by molar-refractivity contribution is 0.631. The van der Waals surface area contributed by atoms with Gasteiger partial charge < -0.3 is 5.73 Å². The van der Waals surface area contributed by atoms with Crippen molar-refractivity contribution in [2.45, 2.75) is 31.6 Å². The first kappa shape index (κ1) is 12.1. The van der Waals surface area contributed by atoms with Gasteiger partial charge in [-0.3, -0.25) is 4.68 Å². The lowest BCUT2D eigenvalue weighted by Gasteiger charge is -2.01. The van der Waals surface area contributed by atoms with Gasteiger partial charge in [-0.05, 0) is 37.0 Å². The van der Waals surface area contributed by atoms with E-state index in [-0.39, 0.29) is 11.5 Å². The normalized spacial score (nSPS) is 14.8. The summed E-state index contributed by atoms with van der Waals surface area (Å²) in [6, 6.07) is 4.85. The minimum atomic E-state index is -0.365. The van der Waals surface area contributed by atoms with Crippen molar-refractivity contribution in [2.24, 2.45) is 7.05 Å². The average molecular weight is 260 g/mol. The molecule has 0 spiro atoms. The summed E-state index contributed by atoms with van der Waals surface area (Å²) < 4.78 is 14.9. The van der Waals surface area contributed by atoms with Gasteiger partial charge in [-0.1, -0.05) is 6.07 Å². The maximum Gasteiger partial charge on any atom is 0.151 e. The Bertz CT molecular complexity index is 601. The number of hydrogen-bond donors (Lipinski definition) is 1. The number of nitrogens with zero attached hydrogens (tertiary/aromatic N) is 3. The molecule has 1 aromatic heterocycles. The zero-order valence-corrected chi connectivity index (χ0v) is 10.9. The predicted molar refractivity (Wildman–Crippen MR) is 71.2 cm³/mol. The summed E-state index contributed by atoms with van der Waals surface area (Å²) in [5.74, 6) is 2.18. The first-order chi connectivity index (χ1) is 9.13. The van der Waals surface area contributed by atoms with Crippen LogP contribution >= 0.6 is 0 Å². The van der Waals surface area contributed by atoms with Crippen LogP contribution in [-0.4, -0.2) is 14.8 Å². The molecule has 3 rings (SSSR count). The molecule has 0 radical (unpaired) electrons. The lowest BCUT2D eigenvalue weighted by Crippen LogP contribution is -1.98. The summed E-state index contributed by atoms with van der Waals surface area (Å²) >= 11 is 0. The van der Waals surface area contributed by atoms with Crippen molar-refractivity contribution in [2.75, 3.05) is 5.73 Å². The standard InChI is InChI=1S/C14H17FN4/c1-19-14(10-4-5-10)17-13(18-19)7-3-9-2-6-11(15)12(16)8-9/h2,6,8,10H,3-5,7,16H2,1H3.